The number of nitrogens with zero attached hydrogens (tertiary/aromatic N) is 1. The predicted molar refractivity (Wildman–Crippen MR) is 84.6 cm³/mol. The smallest absolute Gasteiger partial charge is 0.234 e. The number of thioether (sulfide) groups is 1. The number of para-hydroxylation sites is 2. The van der Waals surface area contributed by atoms with Crippen LogP contribution in [0.4, 0.5) is 15.8 Å². The summed E-state index contributed by atoms with van der Waals surface area (Å²) in [6.07, 6.45) is 1.87. The van der Waals surface area contributed by atoms with E-state index in [9.17, 15) is 14.0 Å². The first kappa shape index (κ1) is 15.8. The van der Waals surface area contributed by atoms with Gasteiger partial charge in [-0.15, -0.1) is 0 Å². The fraction of sp³-hybridized carbons (Fsp3) is 0.467. The van der Waals surface area contributed by atoms with Crippen LogP contribution in [0.2, 0.25) is 0 Å². The Labute approximate surface area is 128 Å². The molecule has 0 aliphatic carbocycles. The summed E-state index contributed by atoms with van der Waals surface area (Å²) < 4.78 is 12.0. The molecular formula is C15H19FN2O2S. The van der Waals surface area contributed by atoms with Crippen molar-refractivity contribution in [2.45, 2.75) is 19.3 Å². The second-order valence-electron chi connectivity index (χ2n) is 4.81. The maximum absolute atomic E-state index is 12.0. The molecule has 1 heterocycles. The van der Waals surface area contributed by atoms with E-state index in [2.05, 4.69) is 5.32 Å². The van der Waals surface area contributed by atoms with Crippen molar-refractivity contribution in [1.29, 1.82) is 0 Å². The molecule has 1 N–H and O–H groups in total. The standard InChI is InChI=1S/C15H19FN2O2S/c16-8-4-10-21-11-14(19)17-12-5-1-2-6-13(12)18-9-3-7-15(18)20/h1-2,5-6H,3-4,7-11H2,(H,17,19). The van der Waals surface area contributed by atoms with Crippen molar-refractivity contribution in [3.8, 4) is 0 Å². The van der Waals surface area contributed by atoms with Crippen LogP contribution in [0.15, 0.2) is 24.3 Å². The van der Waals surface area contributed by atoms with Gasteiger partial charge in [0.05, 0.1) is 23.8 Å². The van der Waals surface area contributed by atoms with Crippen LogP contribution in [0.5, 0.6) is 0 Å². The molecule has 1 aromatic rings. The van der Waals surface area contributed by atoms with Gasteiger partial charge in [-0.2, -0.15) is 11.8 Å². The lowest BCUT2D eigenvalue weighted by atomic mass is 10.2. The quantitative estimate of drug-likeness (QED) is 0.788. The summed E-state index contributed by atoms with van der Waals surface area (Å²) in [5.74, 6) is 0.894. The van der Waals surface area contributed by atoms with Gasteiger partial charge in [-0.25, -0.2) is 0 Å². The SMILES string of the molecule is O=C(CSCCCF)Nc1ccccc1N1CCCC1=O. The molecule has 4 nitrogen and oxygen atoms in total. The zero-order chi connectivity index (χ0) is 15.1. The van der Waals surface area contributed by atoms with Crippen LogP contribution < -0.4 is 10.2 Å². The normalized spacial score (nSPS) is 14.5. The minimum absolute atomic E-state index is 0.0917. The van der Waals surface area contributed by atoms with Crippen molar-refractivity contribution in [2.24, 2.45) is 0 Å². The van der Waals surface area contributed by atoms with E-state index in [0.717, 1.165) is 12.1 Å². The van der Waals surface area contributed by atoms with Crippen LogP contribution in [-0.2, 0) is 9.59 Å². The molecule has 1 fully saturated rings. The monoisotopic (exact) mass is 310 g/mol. The molecule has 0 unspecified atom stereocenters. The lowest BCUT2D eigenvalue weighted by molar-refractivity contribution is -0.117. The first-order valence-corrected chi connectivity index (χ1v) is 8.21. The molecule has 1 aliphatic heterocycles. The Morgan fingerprint density at radius 1 is 1.38 bits per heavy atom. The third kappa shape index (κ3) is 4.46. The summed E-state index contributed by atoms with van der Waals surface area (Å²) in [5, 5.41) is 2.84. The average molecular weight is 310 g/mol. The van der Waals surface area contributed by atoms with Crippen molar-refractivity contribution < 1.29 is 14.0 Å². The topological polar surface area (TPSA) is 49.4 Å². The summed E-state index contributed by atoms with van der Waals surface area (Å²) in [7, 11) is 0. The van der Waals surface area contributed by atoms with Crippen LogP contribution in [0.25, 0.3) is 0 Å². The second kappa shape index (κ2) is 8.02. The lowest BCUT2D eigenvalue weighted by Gasteiger charge is -2.19. The van der Waals surface area contributed by atoms with Gasteiger partial charge in [-0.1, -0.05) is 12.1 Å². The number of alkyl halides is 1. The molecule has 0 bridgehead atoms. The second-order valence-corrected chi connectivity index (χ2v) is 5.91. The van der Waals surface area contributed by atoms with Crippen molar-refractivity contribution in [3.05, 3.63) is 24.3 Å². The summed E-state index contributed by atoms with van der Waals surface area (Å²) in [6, 6.07) is 7.32. The van der Waals surface area contributed by atoms with Gasteiger partial charge in [-0.3, -0.25) is 14.0 Å². The van der Waals surface area contributed by atoms with E-state index in [4.69, 9.17) is 0 Å². The molecule has 1 saturated heterocycles. The molecule has 21 heavy (non-hydrogen) atoms. The van der Waals surface area contributed by atoms with Gasteiger partial charge in [0.25, 0.3) is 0 Å². The first-order chi connectivity index (χ1) is 10.2. The van der Waals surface area contributed by atoms with Crippen LogP contribution >= 0.6 is 11.8 Å². The van der Waals surface area contributed by atoms with Gasteiger partial charge in [0.2, 0.25) is 11.8 Å². The third-order valence-electron chi connectivity index (χ3n) is 3.20. The molecule has 2 amide bonds. The molecule has 0 spiro atoms. The minimum Gasteiger partial charge on any atom is -0.324 e. The maximum atomic E-state index is 12.0. The molecule has 1 aromatic carbocycles. The number of amides is 2. The first-order valence-electron chi connectivity index (χ1n) is 7.05. The average Bonchev–Trinajstić information content (AvgIpc) is 2.90. The van der Waals surface area contributed by atoms with Gasteiger partial charge in [0, 0.05) is 13.0 Å². The van der Waals surface area contributed by atoms with Crippen LogP contribution in [-0.4, -0.2) is 36.5 Å². The molecule has 1 aliphatic rings. The maximum Gasteiger partial charge on any atom is 0.234 e. The Balaban J connectivity index is 1.96. The molecule has 0 aromatic heterocycles. The van der Waals surface area contributed by atoms with Gasteiger partial charge in [0.1, 0.15) is 0 Å². The van der Waals surface area contributed by atoms with E-state index in [1.54, 1.807) is 11.0 Å². The van der Waals surface area contributed by atoms with Gasteiger partial charge >= 0.3 is 0 Å². The zero-order valence-electron chi connectivity index (χ0n) is 11.8. The van der Waals surface area contributed by atoms with E-state index in [1.807, 2.05) is 18.2 Å². The molecule has 0 atom stereocenters. The zero-order valence-corrected chi connectivity index (χ0v) is 12.6. The molecule has 2 rings (SSSR count). The van der Waals surface area contributed by atoms with Gasteiger partial charge in [-0.05, 0) is 30.7 Å². The number of hydrogen-bond acceptors (Lipinski definition) is 3. The summed E-state index contributed by atoms with van der Waals surface area (Å²) in [5.41, 5.74) is 1.41. The molecular weight excluding hydrogens is 291 g/mol. The van der Waals surface area contributed by atoms with Gasteiger partial charge in [0.15, 0.2) is 0 Å². The van der Waals surface area contributed by atoms with Crippen molar-refractivity contribution >= 4 is 35.0 Å². The number of carbonyl (C=O) groups excluding carboxylic acids is 2. The number of hydrogen-bond donors (Lipinski definition) is 1. The van der Waals surface area contributed by atoms with E-state index in [1.165, 1.54) is 11.8 Å². The Bertz CT molecular complexity index is 510. The fourth-order valence-electron chi connectivity index (χ4n) is 2.23. The fourth-order valence-corrected chi connectivity index (χ4v) is 2.94. The highest BCUT2D eigenvalue weighted by Gasteiger charge is 2.24. The summed E-state index contributed by atoms with van der Waals surface area (Å²) >= 11 is 1.41. The van der Waals surface area contributed by atoms with E-state index in [0.29, 0.717) is 36.6 Å². The molecule has 6 heteroatoms. The highest BCUT2D eigenvalue weighted by Crippen LogP contribution is 2.29. The van der Waals surface area contributed by atoms with E-state index in [-0.39, 0.29) is 18.5 Å². The molecule has 0 radical (unpaired) electrons. The number of rotatable bonds is 7. The van der Waals surface area contributed by atoms with Crippen molar-refractivity contribution in [2.75, 3.05) is 34.9 Å². The van der Waals surface area contributed by atoms with Crippen LogP contribution in [0.3, 0.4) is 0 Å². The number of benzene rings is 1. The Morgan fingerprint density at radius 3 is 2.90 bits per heavy atom. The summed E-state index contributed by atoms with van der Waals surface area (Å²) in [4.78, 5) is 25.4. The third-order valence-corrected chi connectivity index (χ3v) is 4.24. The van der Waals surface area contributed by atoms with Crippen LogP contribution in [0.1, 0.15) is 19.3 Å². The highest BCUT2D eigenvalue weighted by molar-refractivity contribution is 7.99. The Kier molecular flexibility index (Phi) is 6.04. The lowest BCUT2D eigenvalue weighted by Crippen LogP contribution is -2.26. The largest absolute Gasteiger partial charge is 0.324 e. The predicted octanol–water partition coefficient (Wildman–Crippen LogP) is 2.84. The van der Waals surface area contributed by atoms with Crippen molar-refractivity contribution in [1.82, 2.24) is 0 Å². The summed E-state index contributed by atoms with van der Waals surface area (Å²) in [6.45, 7) is 0.339. The molecule has 0 saturated carbocycles. The van der Waals surface area contributed by atoms with Crippen molar-refractivity contribution in [3.63, 3.8) is 0 Å². The highest BCUT2D eigenvalue weighted by atomic mass is 32.2. The Hall–Kier alpha value is -1.56. The Morgan fingerprint density at radius 2 is 2.19 bits per heavy atom. The number of anilines is 2. The van der Waals surface area contributed by atoms with E-state index >= 15 is 0 Å². The number of halogens is 1. The molecule has 114 valence electrons. The number of nitrogens with one attached hydrogen (secondary N) is 1. The van der Waals surface area contributed by atoms with Gasteiger partial charge < -0.3 is 10.2 Å². The van der Waals surface area contributed by atoms with Crippen LogP contribution in [0, 0.1) is 0 Å². The minimum atomic E-state index is -0.353. The van der Waals surface area contributed by atoms with E-state index < -0.39 is 0 Å². The number of carbonyl (C=O) groups is 2.